The molecule has 1 heterocycles. The summed E-state index contributed by atoms with van der Waals surface area (Å²) in [6.07, 6.45) is 2.24. The zero-order chi connectivity index (χ0) is 10.1. The first-order valence-corrected chi connectivity index (χ1v) is 4.77. The Kier molecular flexibility index (Phi) is 2.30. The van der Waals surface area contributed by atoms with Crippen LogP contribution in [-0.4, -0.2) is 9.81 Å². The normalized spacial score (nSPS) is 10.7. The summed E-state index contributed by atoms with van der Waals surface area (Å²) in [5.74, 6) is 0. The molecule has 0 fully saturated rings. The SMILES string of the molecule is Cn1cc(CC(=O)Cl)c2ccccc21. The van der Waals surface area contributed by atoms with Gasteiger partial charge in [0.15, 0.2) is 0 Å². The molecule has 0 aliphatic rings. The Hall–Kier alpha value is -1.28. The summed E-state index contributed by atoms with van der Waals surface area (Å²) in [5.41, 5.74) is 2.11. The zero-order valence-electron chi connectivity index (χ0n) is 7.83. The summed E-state index contributed by atoms with van der Waals surface area (Å²) in [6, 6.07) is 7.97. The molecule has 2 rings (SSSR count). The van der Waals surface area contributed by atoms with Crippen molar-refractivity contribution in [1.82, 2.24) is 4.57 Å². The maximum absolute atomic E-state index is 10.8. The van der Waals surface area contributed by atoms with Crippen LogP contribution in [0.5, 0.6) is 0 Å². The third kappa shape index (κ3) is 1.53. The molecule has 0 atom stereocenters. The van der Waals surface area contributed by atoms with Gasteiger partial charge in [-0.05, 0) is 23.2 Å². The second kappa shape index (κ2) is 3.46. The van der Waals surface area contributed by atoms with Gasteiger partial charge in [-0.25, -0.2) is 0 Å². The summed E-state index contributed by atoms with van der Waals surface area (Å²) in [6.45, 7) is 0. The van der Waals surface area contributed by atoms with Crippen molar-refractivity contribution in [3.63, 3.8) is 0 Å². The maximum atomic E-state index is 10.8. The highest BCUT2D eigenvalue weighted by Crippen LogP contribution is 2.20. The van der Waals surface area contributed by atoms with E-state index in [-0.39, 0.29) is 5.24 Å². The number of hydrogen-bond donors (Lipinski definition) is 0. The summed E-state index contributed by atoms with van der Waals surface area (Å²) in [7, 11) is 1.96. The first-order valence-electron chi connectivity index (χ1n) is 4.40. The van der Waals surface area contributed by atoms with Crippen LogP contribution in [-0.2, 0) is 18.3 Å². The summed E-state index contributed by atoms with van der Waals surface area (Å²) in [5, 5.41) is 0.783. The fraction of sp³-hybridized carbons (Fsp3) is 0.182. The topological polar surface area (TPSA) is 22.0 Å². The molecule has 0 N–H and O–H groups in total. The fourth-order valence-electron chi connectivity index (χ4n) is 1.72. The van der Waals surface area contributed by atoms with Crippen LogP contribution in [0.2, 0.25) is 0 Å². The van der Waals surface area contributed by atoms with Crippen molar-refractivity contribution in [1.29, 1.82) is 0 Å². The number of fused-ring (bicyclic) bond motifs is 1. The Labute approximate surface area is 87.1 Å². The van der Waals surface area contributed by atoms with E-state index in [4.69, 9.17) is 11.6 Å². The molecule has 0 bridgehead atoms. The first kappa shape index (κ1) is 9.28. The van der Waals surface area contributed by atoms with E-state index in [2.05, 4.69) is 0 Å². The lowest BCUT2D eigenvalue weighted by Gasteiger charge is -1.93. The number of aryl methyl sites for hydroxylation is 1. The molecular weight excluding hydrogens is 198 g/mol. The van der Waals surface area contributed by atoms with Gasteiger partial charge in [-0.3, -0.25) is 4.79 Å². The van der Waals surface area contributed by atoms with Crippen LogP contribution in [0, 0.1) is 0 Å². The highest BCUT2D eigenvalue weighted by molar-refractivity contribution is 6.63. The molecule has 0 aliphatic heterocycles. The van der Waals surface area contributed by atoms with Crippen molar-refractivity contribution in [2.75, 3.05) is 0 Å². The van der Waals surface area contributed by atoms with E-state index < -0.39 is 0 Å². The fourth-order valence-corrected chi connectivity index (χ4v) is 1.86. The van der Waals surface area contributed by atoms with Crippen LogP contribution in [0.1, 0.15) is 5.56 Å². The van der Waals surface area contributed by atoms with E-state index in [0.717, 1.165) is 16.5 Å². The van der Waals surface area contributed by atoms with E-state index in [1.807, 2.05) is 42.1 Å². The Morgan fingerprint density at radius 1 is 1.43 bits per heavy atom. The quantitative estimate of drug-likeness (QED) is 0.694. The van der Waals surface area contributed by atoms with Gasteiger partial charge in [0.1, 0.15) is 0 Å². The number of carbonyl (C=O) groups is 1. The minimum absolute atomic E-state index is 0.295. The van der Waals surface area contributed by atoms with E-state index in [1.165, 1.54) is 0 Å². The molecule has 72 valence electrons. The smallest absolute Gasteiger partial charge is 0.226 e. The molecule has 0 spiro atoms. The van der Waals surface area contributed by atoms with Gasteiger partial charge >= 0.3 is 0 Å². The lowest BCUT2D eigenvalue weighted by molar-refractivity contribution is -0.111. The average Bonchev–Trinajstić information content (AvgIpc) is 2.44. The van der Waals surface area contributed by atoms with Gasteiger partial charge in [-0.1, -0.05) is 18.2 Å². The molecule has 0 radical (unpaired) electrons. The number of carbonyl (C=O) groups excluding carboxylic acids is 1. The number of rotatable bonds is 2. The lowest BCUT2D eigenvalue weighted by Crippen LogP contribution is -1.91. The van der Waals surface area contributed by atoms with Crippen molar-refractivity contribution in [2.45, 2.75) is 6.42 Å². The van der Waals surface area contributed by atoms with E-state index >= 15 is 0 Å². The molecule has 14 heavy (non-hydrogen) atoms. The lowest BCUT2D eigenvalue weighted by atomic mass is 10.1. The van der Waals surface area contributed by atoms with Gasteiger partial charge in [-0.15, -0.1) is 0 Å². The van der Waals surface area contributed by atoms with Crippen LogP contribution < -0.4 is 0 Å². The van der Waals surface area contributed by atoms with Crippen molar-refractivity contribution in [3.8, 4) is 0 Å². The summed E-state index contributed by atoms with van der Waals surface area (Å²) < 4.78 is 2.00. The molecular formula is C11H10ClNO. The molecule has 0 saturated heterocycles. The summed E-state index contributed by atoms with van der Waals surface area (Å²) >= 11 is 5.37. The Morgan fingerprint density at radius 3 is 2.86 bits per heavy atom. The summed E-state index contributed by atoms with van der Waals surface area (Å²) in [4.78, 5) is 10.8. The molecule has 2 aromatic rings. The third-order valence-corrected chi connectivity index (χ3v) is 2.44. The van der Waals surface area contributed by atoms with Gasteiger partial charge in [-0.2, -0.15) is 0 Å². The van der Waals surface area contributed by atoms with Crippen LogP contribution >= 0.6 is 11.6 Å². The standard InChI is InChI=1S/C11H10ClNO/c1-13-7-8(6-11(12)14)9-4-2-3-5-10(9)13/h2-5,7H,6H2,1H3. The van der Waals surface area contributed by atoms with Crippen LogP contribution in [0.25, 0.3) is 10.9 Å². The van der Waals surface area contributed by atoms with Crippen molar-refractivity contribution in [3.05, 3.63) is 36.0 Å². The van der Waals surface area contributed by atoms with Gasteiger partial charge in [0.25, 0.3) is 0 Å². The van der Waals surface area contributed by atoms with Crippen LogP contribution in [0.15, 0.2) is 30.5 Å². The number of halogens is 1. The number of hydrogen-bond acceptors (Lipinski definition) is 1. The molecule has 1 aromatic heterocycles. The number of aromatic nitrogens is 1. The van der Waals surface area contributed by atoms with Crippen molar-refractivity contribution < 1.29 is 4.79 Å². The van der Waals surface area contributed by atoms with Gasteiger partial charge in [0.2, 0.25) is 5.24 Å². The number of benzene rings is 1. The number of nitrogens with zero attached hydrogens (tertiary/aromatic N) is 1. The van der Waals surface area contributed by atoms with Crippen molar-refractivity contribution >= 4 is 27.7 Å². The minimum Gasteiger partial charge on any atom is -0.350 e. The molecule has 0 amide bonds. The molecule has 0 unspecified atom stereocenters. The monoisotopic (exact) mass is 207 g/mol. The Morgan fingerprint density at radius 2 is 2.14 bits per heavy atom. The maximum Gasteiger partial charge on any atom is 0.226 e. The van der Waals surface area contributed by atoms with E-state index in [9.17, 15) is 4.79 Å². The van der Waals surface area contributed by atoms with Crippen LogP contribution in [0.4, 0.5) is 0 Å². The second-order valence-electron chi connectivity index (χ2n) is 3.31. The van der Waals surface area contributed by atoms with Gasteiger partial charge in [0, 0.05) is 30.6 Å². The second-order valence-corrected chi connectivity index (χ2v) is 3.74. The predicted molar refractivity (Wildman–Crippen MR) is 57.5 cm³/mol. The van der Waals surface area contributed by atoms with E-state index in [1.54, 1.807) is 0 Å². The minimum atomic E-state index is -0.318. The largest absolute Gasteiger partial charge is 0.350 e. The first-order chi connectivity index (χ1) is 6.68. The highest BCUT2D eigenvalue weighted by atomic mass is 35.5. The van der Waals surface area contributed by atoms with Gasteiger partial charge < -0.3 is 4.57 Å². The Balaban J connectivity index is 2.60. The van der Waals surface area contributed by atoms with E-state index in [0.29, 0.717) is 6.42 Å². The van der Waals surface area contributed by atoms with Crippen molar-refractivity contribution in [2.24, 2.45) is 7.05 Å². The highest BCUT2D eigenvalue weighted by Gasteiger charge is 2.07. The average molecular weight is 208 g/mol. The molecule has 2 nitrogen and oxygen atoms in total. The Bertz CT molecular complexity index is 487. The molecule has 0 aliphatic carbocycles. The number of para-hydroxylation sites is 1. The molecule has 0 saturated carbocycles. The molecule has 3 heteroatoms. The zero-order valence-corrected chi connectivity index (χ0v) is 8.58. The van der Waals surface area contributed by atoms with Crippen LogP contribution in [0.3, 0.4) is 0 Å². The molecule has 1 aromatic carbocycles. The third-order valence-electron chi connectivity index (χ3n) is 2.31. The predicted octanol–water partition coefficient (Wildman–Crippen LogP) is 2.49. The van der Waals surface area contributed by atoms with Gasteiger partial charge in [0.05, 0.1) is 0 Å².